The van der Waals surface area contributed by atoms with Gasteiger partial charge in [0.1, 0.15) is 61.4 Å². The number of carbonyl (C=O) groups is 2. The Bertz CT molecular complexity index is 2200. The number of hydrogen-bond acceptors (Lipinski definition) is 12. The molecule has 0 saturated carbocycles. The number of halogens is 4. The molecule has 21 heteroatoms. The van der Waals surface area contributed by atoms with Crippen LogP contribution in [0.5, 0.6) is 16.7 Å². The first-order chi connectivity index (χ1) is 27.0. The van der Waals surface area contributed by atoms with Gasteiger partial charge in [0.2, 0.25) is 5.91 Å². The molecule has 1 fully saturated rings. The van der Waals surface area contributed by atoms with Gasteiger partial charge >= 0.3 is 12.1 Å². The average Bonchev–Trinajstić information content (AvgIpc) is 3.87. The van der Waals surface area contributed by atoms with E-state index in [1.807, 2.05) is 0 Å². The third-order valence-electron chi connectivity index (χ3n) is 8.60. The van der Waals surface area contributed by atoms with Crippen LogP contribution in [0.15, 0.2) is 72.9 Å². The highest BCUT2D eigenvalue weighted by Gasteiger charge is 2.41. The lowest BCUT2D eigenvalue weighted by Crippen LogP contribution is -2.46. The van der Waals surface area contributed by atoms with Gasteiger partial charge in [-0.05, 0) is 61.4 Å². The fourth-order valence-corrected chi connectivity index (χ4v) is 7.11. The molecule has 57 heavy (non-hydrogen) atoms. The molecule has 6 rings (SSSR count). The van der Waals surface area contributed by atoms with Gasteiger partial charge in [-0.15, -0.1) is 5.10 Å². The lowest BCUT2D eigenvalue weighted by Gasteiger charge is -2.21. The van der Waals surface area contributed by atoms with Gasteiger partial charge in [-0.1, -0.05) is 40.8 Å². The molecule has 0 aliphatic carbocycles. The zero-order valence-electron chi connectivity index (χ0n) is 30.2. The molecule has 304 valence electrons. The first kappa shape index (κ1) is 41.4. The summed E-state index contributed by atoms with van der Waals surface area (Å²) in [5.74, 6) is -2.28. The smallest absolute Gasteiger partial charge is 0.416 e. The molecule has 0 radical (unpaired) electrons. The Morgan fingerprint density at radius 1 is 1.02 bits per heavy atom. The lowest BCUT2D eigenvalue weighted by atomic mass is 10.0. The molecule has 1 aliphatic heterocycles. The molecule has 0 bridgehead atoms. The number of carboxylic acids is 1. The van der Waals surface area contributed by atoms with Gasteiger partial charge in [0.05, 0.1) is 22.0 Å². The number of aliphatic carboxylic acids is 1. The molecule has 3 heterocycles. The molecule has 3 unspecified atom stereocenters. The monoisotopic (exact) mass is 836 g/mol. The summed E-state index contributed by atoms with van der Waals surface area (Å²) in [4.78, 5) is 30.4. The Hall–Kier alpha value is -5.22. The Kier molecular flexibility index (Phi) is 12.7. The normalized spacial score (nSPS) is 18.2. The summed E-state index contributed by atoms with van der Waals surface area (Å²) in [6.45, 7) is 2.54. The third kappa shape index (κ3) is 11.0. The van der Waals surface area contributed by atoms with Crippen LogP contribution in [-0.2, 0) is 56.0 Å². The van der Waals surface area contributed by atoms with Crippen LogP contribution in [0.4, 0.5) is 17.6 Å². The van der Waals surface area contributed by atoms with Crippen LogP contribution < -0.4 is 24.1 Å². The van der Waals surface area contributed by atoms with Crippen LogP contribution in [0.1, 0.15) is 42.3 Å². The van der Waals surface area contributed by atoms with E-state index in [9.17, 15) is 36.5 Å². The van der Waals surface area contributed by atoms with Crippen LogP contribution in [0.3, 0.4) is 0 Å². The topological polar surface area (TPSA) is 199 Å². The summed E-state index contributed by atoms with van der Waals surface area (Å²) in [7, 11) is 0. The minimum absolute atomic E-state index is 0.00142. The first-order valence-electron chi connectivity index (χ1n) is 17.2. The number of rotatable bonds is 17. The van der Waals surface area contributed by atoms with Crippen LogP contribution >= 0.6 is 11.3 Å². The Morgan fingerprint density at radius 3 is 2.35 bits per heavy atom. The number of nitrogens with two attached hydrogens (primary N) is 1. The zero-order valence-corrected chi connectivity index (χ0v) is 31.8. The number of thiazole rings is 1. The van der Waals surface area contributed by atoms with E-state index in [0.717, 1.165) is 40.3 Å². The Labute approximate surface area is 328 Å². The predicted octanol–water partition coefficient (Wildman–Crippen LogP) is 4.87. The van der Waals surface area contributed by atoms with E-state index >= 15 is 0 Å². The summed E-state index contributed by atoms with van der Waals surface area (Å²) >= 11 is -0.895. The number of hydrogen-bond donors (Lipinski definition) is 3. The fraction of sp³-hybridized carbons (Fsp3) is 0.361. The predicted molar refractivity (Wildman–Crippen MR) is 196 cm³/mol. The highest BCUT2D eigenvalue weighted by Crippen LogP contribution is 2.32. The van der Waals surface area contributed by atoms with Crippen LogP contribution in [0, 0.1) is 0 Å². The second kappa shape index (κ2) is 17.5. The SMILES string of the molecule is CC1(C)O[C@@H](CF)[C@H](COc2ccc(CC(C(=O)NC(Cc3ccc(C(F)(F)F)cc3)C(=O)O)n3cc(COc4ccc5sc(OS(N)=O)nc5c4)nn3)cc2)O1. The van der Waals surface area contributed by atoms with E-state index in [0.29, 0.717) is 28.3 Å². The summed E-state index contributed by atoms with van der Waals surface area (Å²) in [6, 6.07) is 13.0. The Balaban J connectivity index is 1.17. The van der Waals surface area contributed by atoms with E-state index in [1.54, 1.807) is 56.3 Å². The van der Waals surface area contributed by atoms with Crippen molar-refractivity contribution in [1.29, 1.82) is 0 Å². The van der Waals surface area contributed by atoms with Crippen molar-refractivity contribution < 1.29 is 59.6 Å². The summed E-state index contributed by atoms with van der Waals surface area (Å²) < 4.78 is 93.9. The van der Waals surface area contributed by atoms with Crippen molar-refractivity contribution in [1.82, 2.24) is 25.3 Å². The minimum Gasteiger partial charge on any atom is -0.491 e. The average molecular weight is 837 g/mol. The quantitative estimate of drug-likeness (QED) is 0.108. The van der Waals surface area contributed by atoms with Gasteiger partial charge in [-0.25, -0.2) is 24.0 Å². The molecule has 5 aromatic rings. The van der Waals surface area contributed by atoms with Crippen LogP contribution in [-0.4, -0.2) is 78.5 Å². The number of carbonyl (C=O) groups excluding carboxylic acids is 1. The van der Waals surface area contributed by atoms with Crippen molar-refractivity contribution in [3.63, 3.8) is 0 Å². The molecule has 1 amide bonds. The molecular formula is C36H36F4N6O9S2. The molecule has 4 N–H and O–H groups in total. The highest BCUT2D eigenvalue weighted by atomic mass is 32.2. The number of ether oxygens (including phenoxy) is 4. The minimum atomic E-state index is -4.57. The lowest BCUT2D eigenvalue weighted by molar-refractivity contribution is -0.149. The maximum absolute atomic E-state index is 13.9. The van der Waals surface area contributed by atoms with Gasteiger partial charge in [-0.3, -0.25) is 4.79 Å². The summed E-state index contributed by atoms with van der Waals surface area (Å²) in [6.07, 6.45) is -4.84. The molecular weight excluding hydrogens is 801 g/mol. The highest BCUT2D eigenvalue weighted by molar-refractivity contribution is 7.78. The second-order valence-corrected chi connectivity index (χ2v) is 15.0. The van der Waals surface area contributed by atoms with Crippen molar-refractivity contribution in [2.75, 3.05) is 13.3 Å². The number of nitrogens with one attached hydrogen (secondary N) is 1. The number of benzene rings is 3. The van der Waals surface area contributed by atoms with Crippen molar-refractivity contribution >= 4 is 44.7 Å². The summed E-state index contributed by atoms with van der Waals surface area (Å²) in [5, 5.41) is 26.1. The van der Waals surface area contributed by atoms with Crippen LogP contribution in [0.25, 0.3) is 10.2 Å². The first-order valence-corrected chi connectivity index (χ1v) is 19.1. The van der Waals surface area contributed by atoms with Gasteiger partial charge in [-0.2, -0.15) is 17.4 Å². The van der Waals surface area contributed by atoms with Gasteiger partial charge in [0.15, 0.2) is 5.79 Å². The molecule has 0 spiro atoms. The van der Waals surface area contributed by atoms with Crippen molar-refractivity contribution in [2.24, 2.45) is 5.14 Å². The molecule has 5 atom stereocenters. The number of nitrogens with zero attached hydrogens (tertiary/aromatic N) is 4. The van der Waals surface area contributed by atoms with E-state index < -0.39 is 71.6 Å². The van der Waals surface area contributed by atoms with Crippen molar-refractivity contribution in [3.8, 4) is 16.7 Å². The summed E-state index contributed by atoms with van der Waals surface area (Å²) in [5.41, 5.74) is 0.796. The van der Waals surface area contributed by atoms with Crippen LogP contribution in [0.2, 0.25) is 0 Å². The van der Waals surface area contributed by atoms with E-state index in [4.69, 9.17) is 28.3 Å². The zero-order chi connectivity index (χ0) is 40.9. The molecule has 2 aromatic heterocycles. The van der Waals surface area contributed by atoms with E-state index in [1.165, 1.54) is 10.9 Å². The maximum Gasteiger partial charge on any atom is 0.416 e. The van der Waals surface area contributed by atoms with Crippen molar-refractivity contribution in [3.05, 3.63) is 95.3 Å². The molecule has 1 saturated heterocycles. The number of amides is 1. The van der Waals surface area contributed by atoms with E-state index in [-0.39, 0.29) is 36.8 Å². The van der Waals surface area contributed by atoms with E-state index in [2.05, 4.69) is 20.6 Å². The van der Waals surface area contributed by atoms with Gasteiger partial charge < -0.3 is 33.6 Å². The third-order valence-corrected chi connectivity index (χ3v) is 9.94. The number of carboxylic acid groups (broad SMARTS) is 1. The molecule has 1 aliphatic rings. The fourth-order valence-electron chi connectivity index (χ4n) is 5.92. The molecule has 3 aromatic carbocycles. The number of aromatic nitrogens is 4. The largest absolute Gasteiger partial charge is 0.491 e. The number of fused-ring (bicyclic) bond motifs is 1. The van der Waals surface area contributed by atoms with Gasteiger partial charge in [0, 0.05) is 18.9 Å². The van der Waals surface area contributed by atoms with Gasteiger partial charge in [0.25, 0.3) is 16.5 Å². The maximum atomic E-state index is 13.9. The second-order valence-electron chi connectivity index (χ2n) is 13.3. The number of alkyl halides is 4. The standard InChI is InChI=1S/C36H36F4N6O9S2/c1-35(2)53-29(16-37)30(54-35)19-52-24-9-5-21(6-10-24)14-28(32(47)42-27(33(48)49)13-20-3-7-22(8-4-20)36(38,39)40)46-17-23(44-45-46)18-51-25-11-12-31-26(15-25)43-34(56-31)55-57(41)50/h3-12,15,17,27-30H,13-14,16,18-19,41H2,1-2H3,(H,42,47)(H,48,49)/t27?,28?,29-,30-,57?/m0/s1. The van der Waals surface area contributed by atoms with Crippen molar-refractivity contribution in [2.45, 2.75) is 69.6 Å². The Morgan fingerprint density at radius 2 is 1.68 bits per heavy atom. The molecule has 15 nitrogen and oxygen atoms in total.